The van der Waals surface area contributed by atoms with E-state index in [1.165, 1.54) is 18.4 Å². The fourth-order valence-corrected chi connectivity index (χ4v) is 2.61. The maximum absolute atomic E-state index is 11.3. The van der Waals surface area contributed by atoms with E-state index in [4.69, 9.17) is 0 Å². The monoisotopic (exact) mass is 278 g/mol. The van der Waals surface area contributed by atoms with E-state index in [0.29, 0.717) is 18.1 Å². The van der Waals surface area contributed by atoms with Crippen molar-refractivity contribution in [3.63, 3.8) is 0 Å². The quantitative estimate of drug-likeness (QED) is 0.492. The van der Waals surface area contributed by atoms with Crippen molar-refractivity contribution >= 4 is 11.5 Å². The Morgan fingerprint density at radius 1 is 1.55 bits per heavy atom. The van der Waals surface area contributed by atoms with Gasteiger partial charge in [0, 0.05) is 19.5 Å². The third-order valence-electron chi connectivity index (χ3n) is 3.65. The zero-order valence-corrected chi connectivity index (χ0v) is 12.3. The molecule has 0 unspecified atom stereocenters. The van der Waals surface area contributed by atoms with Crippen LogP contribution in [0.2, 0.25) is 0 Å². The summed E-state index contributed by atoms with van der Waals surface area (Å²) in [5.74, 6) is 0.548. The second kappa shape index (κ2) is 6.07. The van der Waals surface area contributed by atoms with Gasteiger partial charge in [0.2, 0.25) is 5.82 Å². The van der Waals surface area contributed by atoms with E-state index in [1.54, 1.807) is 11.7 Å². The first-order valence-electron chi connectivity index (χ1n) is 7.13. The minimum atomic E-state index is -0.334. The van der Waals surface area contributed by atoms with Crippen LogP contribution in [0.3, 0.4) is 0 Å². The minimum absolute atomic E-state index is 0.0368. The van der Waals surface area contributed by atoms with Crippen molar-refractivity contribution in [3.05, 3.63) is 27.5 Å². The Labute approximate surface area is 119 Å². The highest BCUT2D eigenvalue weighted by Gasteiger charge is 2.28. The molecule has 1 heterocycles. The Kier molecular flexibility index (Phi) is 4.42. The molecule has 1 aliphatic carbocycles. The van der Waals surface area contributed by atoms with Crippen LogP contribution in [0.1, 0.15) is 51.1 Å². The van der Waals surface area contributed by atoms with Gasteiger partial charge in [-0.15, -0.1) is 0 Å². The number of nitro groups is 1. The summed E-state index contributed by atoms with van der Waals surface area (Å²) in [5, 5.41) is 18.7. The van der Waals surface area contributed by atoms with Crippen LogP contribution in [0.15, 0.2) is 11.6 Å². The number of allylic oxidation sites excluding steroid dienone is 1. The van der Waals surface area contributed by atoms with Gasteiger partial charge in [0.25, 0.3) is 0 Å². The summed E-state index contributed by atoms with van der Waals surface area (Å²) in [5.41, 5.74) is 2.11. The molecule has 1 aliphatic rings. The van der Waals surface area contributed by atoms with E-state index in [0.717, 1.165) is 12.8 Å². The lowest BCUT2D eigenvalue weighted by Crippen LogP contribution is -2.08. The van der Waals surface area contributed by atoms with Crippen molar-refractivity contribution < 1.29 is 4.92 Å². The van der Waals surface area contributed by atoms with E-state index in [2.05, 4.69) is 16.5 Å². The zero-order chi connectivity index (χ0) is 14.7. The molecule has 0 atom stereocenters. The number of hydrogen-bond acceptors (Lipinski definition) is 4. The van der Waals surface area contributed by atoms with E-state index in [9.17, 15) is 10.1 Å². The standard InChI is InChI=1S/C14H22N4O2/c1-10(2)12-13(18(19)20)14(17(3)16-12)15-9-8-11-6-4-5-7-11/h6,10,15H,4-5,7-9H2,1-3H3. The van der Waals surface area contributed by atoms with Gasteiger partial charge >= 0.3 is 5.69 Å². The molecule has 0 saturated carbocycles. The molecular formula is C14H22N4O2. The van der Waals surface area contributed by atoms with Crippen molar-refractivity contribution in [1.29, 1.82) is 0 Å². The molecular weight excluding hydrogens is 256 g/mol. The van der Waals surface area contributed by atoms with E-state index >= 15 is 0 Å². The number of aromatic nitrogens is 2. The van der Waals surface area contributed by atoms with Crippen LogP contribution in [0.5, 0.6) is 0 Å². The number of aryl methyl sites for hydroxylation is 1. The van der Waals surface area contributed by atoms with Gasteiger partial charge in [0.15, 0.2) is 0 Å². The molecule has 0 spiro atoms. The van der Waals surface area contributed by atoms with Gasteiger partial charge < -0.3 is 5.32 Å². The molecule has 0 aromatic carbocycles. The smallest absolute Gasteiger partial charge is 0.334 e. The predicted octanol–water partition coefficient (Wildman–Crippen LogP) is 3.36. The topological polar surface area (TPSA) is 73.0 Å². The van der Waals surface area contributed by atoms with Crippen LogP contribution < -0.4 is 5.32 Å². The largest absolute Gasteiger partial charge is 0.364 e. The summed E-state index contributed by atoms with van der Waals surface area (Å²) in [7, 11) is 1.75. The first kappa shape index (κ1) is 14.6. The average molecular weight is 278 g/mol. The SMILES string of the molecule is CC(C)c1nn(C)c(NCCC2=CCCC2)c1[N+](=O)[O-]. The van der Waals surface area contributed by atoms with Crippen molar-refractivity contribution in [2.24, 2.45) is 7.05 Å². The number of hydrogen-bond donors (Lipinski definition) is 1. The Balaban J connectivity index is 2.11. The average Bonchev–Trinajstić information content (AvgIpc) is 2.98. The molecule has 1 aromatic heterocycles. The van der Waals surface area contributed by atoms with Crippen LogP contribution >= 0.6 is 0 Å². The molecule has 1 aromatic rings. The van der Waals surface area contributed by atoms with Gasteiger partial charge in [-0.1, -0.05) is 25.5 Å². The Morgan fingerprint density at radius 2 is 2.30 bits per heavy atom. The second-order valence-electron chi connectivity index (χ2n) is 5.55. The second-order valence-corrected chi connectivity index (χ2v) is 5.55. The third kappa shape index (κ3) is 3.00. The first-order valence-corrected chi connectivity index (χ1v) is 7.13. The van der Waals surface area contributed by atoms with Crippen LogP contribution in [0.25, 0.3) is 0 Å². The number of anilines is 1. The van der Waals surface area contributed by atoms with Crippen LogP contribution in [0, 0.1) is 10.1 Å². The molecule has 110 valence electrons. The summed E-state index contributed by atoms with van der Waals surface area (Å²) >= 11 is 0. The summed E-state index contributed by atoms with van der Waals surface area (Å²) in [6.45, 7) is 4.55. The Bertz CT molecular complexity index is 532. The lowest BCUT2D eigenvalue weighted by molar-refractivity contribution is -0.384. The minimum Gasteiger partial charge on any atom is -0.364 e. The fraction of sp³-hybridized carbons (Fsp3) is 0.643. The lowest BCUT2D eigenvalue weighted by Gasteiger charge is -2.06. The molecule has 20 heavy (non-hydrogen) atoms. The van der Waals surface area contributed by atoms with Gasteiger partial charge in [0.1, 0.15) is 5.69 Å². The van der Waals surface area contributed by atoms with Crippen molar-refractivity contribution in [2.75, 3.05) is 11.9 Å². The van der Waals surface area contributed by atoms with Crippen molar-refractivity contribution in [1.82, 2.24) is 9.78 Å². The summed E-state index contributed by atoms with van der Waals surface area (Å²) in [6.07, 6.45) is 6.78. The summed E-state index contributed by atoms with van der Waals surface area (Å²) in [6, 6.07) is 0. The summed E-state index contributed by atoms with van der Waals surface area (Å²) < 4.78 is 1.58. The molecule has 0 bridgehead atoms. The van der Waals surface area contributed by atoms with Gasteiger partial charge in [0.05, 0.1) is 4.92 Å². The van der Waals surface area contributed by atoms with Crippen LogP contribution in [-0.2, 0) is 7.05 Å². The molecule has 0 radical (unpaired) electrons. The molecule has 1 N–H and O–H groups in total. The van der Waals surface area contributed by atoms with Gasteiger partial charge in [-0.05, 0) is 25.7 Å². The predicted molar refractivity (Wildman–Crippen MR) is 79.0 cm³/mol. The van der Waals surface area contributed by atoms with Gasteiger partial charge in [-0.2, -0.15) is 5.10 Å². The molecule has 2 rings (SSSR count). The highest BCUT2D eigenvalue weighted by Crippen LogP contribution is 2.33. The maximum atomic E-state index is 11.3. The highest BCUT2D eigenvalue weighted by molar-refractivity contribution is 5.60. The number of rotatable bonds is 6. The maximum Gasteiger partial charge on any atom is 0.334 e. The Hall–Kier alpha value is -1.85. The third-order valence-corrected chi connectivity index (χ3v) is 3.65. The highest BCUT2D eigenvalue weighted by atomic mass is 16.6. The van der Waals surface area contributed by atoms with E-state index in [1.807, 2.05) is 13.8 Å². The zero-order valence-electron chi connectivity index (χ0n) is 12.3. The fourth-order valence-electron chi connectivity index (χ4n) is 2.61. The Morgan fingerprint density at radius 3 is 2.85 bits per heavy atom. The molecule has 6 nitrogen and oxygen atoms in total. The normalized spacial score (nSPS) is 14.7. The number of nitrogens with zero attached hydrogens (tertiary/aromatic N) is 3. The summed E-state index contributed by atoms with van der Waals surface area (Å²) in [4.78, 5) is 10.9. The molecule has 0 aliphatic heterocycles. The van der Waals surface area contributed by atoms with Crippen molar-refractivity contribution in [3.8, 4) is 0 Å². The van der Waals surface area contributed by atoms with Crippen LogP contribution in [0.4, 0.5) is 11.5 Å². The van der Waals surface area contributed by atoms with Gasteiger partial charge in [-0.25, -0.2) is 4.68 Å². The molecule has 0 amide bonds. The van der Waals surface area contributed by atoms with Crippen molar-refractivity contribution in [2.45, 2.75) is 45.4 Å². The molecule has 0 saturated heterocycles. The van der Waals surface area contributed by atoms with E-state index in [-0.39, 0.29) is 16.5 Å². The lowest BCUT2D eigenvalue weighted by atomic mass is 10.1. The van der Waals surface area contributed by atoms with E-state index < -0.39 is 0 Å². The number of nitrogens with one attached hydrogen (secondary N) is 1. The molecule has 0 fully saturated rings. The van der Waals surface area contributed by atoms with Gasteiger partial charge in [-0.3, -0.25) is 10.1 Å². The van der Waals surface area contributed by atoms with Crippen LogP contribution in [-0.4, -0.2) is 21.2 Å². The molecule has 6 heteroatoms. The first-order chi connectivity index (χ1) is 9.50.